The molecule has 0 spiro atoms. The first kappa shape index (κ1) is 14.2. The maximum atomic E-state index is 4.53. The van der Waals surface area contributed by atoms with Gasteiger partial charge in [0.2, 0.25) is 0 Å². The third-order valence-corrected chi connectivity index (χ3v) is 3.49. The van der Waals surface area contributed by atoms with Crippen LogP contribution >= 0.6 is 15.9 Å². The minimum atomic E-state index is 0.160. The Morgan fingerprint density at radius 2 is 2.11 bits per heavy atom. The van der Waals surface area contributed by atoms with Crippen LogP contribution in [0.4, 0.5) is 0 Å². The van der Waals surface area contributed by atoms with E-state index in [0.29, 0.717) is 0 Å². The fraction of sp³-hybridized carbons (Fsp3) is 0.312. The van der Waals surface area contributed by atoms with Gasteiger partial charge in [0, 0.05) is 10.7 Å². The average molecular weight is 319 g/mol. The number of pyridine rings is 1. The van der Waals surface area contributed by atoms with E-state index in [4.69, 9.17) is 0 Å². The lowest BCUT2D eigenvalue weighted by Gasteiger charge is -2.19. The predicted molar refractivity (Wildman–Crippen MR) is 83.3 cm³/mol. The maximum Gasteiger partial charge on any atom is 0.0751 e. The molecule has 3 heteroatoms. The van der Waals surface area contributed by atoms with Crippen LogP contribution in [0.5, 0.6) is 0 Å². The first-order valence-corrected chi connectivity index (χ1v) is 7.41. The molecule has 100 valence electrons. The molecule has 0 aliphatic rings. The number of aryl methyl sites for hydroxylation is 1. The van der Waals surface area contributed by atoms with E-state index in [1.54, 1.807) is 0 Å². The first-order chi connectivity index (χ1) is 9.20. The zero-order chi connectivity index (χ0) is 13.7. The van der Waals surface area contributed by atoms with Crippen molar-refractivity contribution >= 4 is 15.9 Å². The molecule has 0 saturated carbocycles. The number of halogens is 1. The molecule has 1 atom stereocenters. The molecule has 0 fully saturated rings. The van der Waals surface area contributed by atoms with E-state index in [0.717, 1.165) is 23.1 Å². The minimum Gasteiger partial charge on any atom is -0.305 e. The standard InChI is InChI=1S/C16H19BrN2/c1-3-9-18-16(13-6-4-5-12(2)10-13)15-8-7-14(17)11-19-15/h4-8,10-11,16,18H,3,9H2,1-2H3. The van der Waals surface area contributed by atoms with Crippen LogP contribution in [0.15, 0.2) is 47.1 Å². The quantitative estimate of drug-likeness (QED) is 0.891. The fourth-order valence-corrected chi connectivity index (χ4v) is 2.32. The van der Waals surface area contributed by atoms with Crippen molar-refractivity contribution < 1.29 is 0 Å². The number of hydrogen-bond acceptors (Lipinski definition) is 2. The molecule has 1 aromatic heterocycles. The molecule has 2 rings (SSSR count). The summed E-state index contributed by atoms with van der Waals surface area (Å²) in [5, 5.41) is 3.57. The van der Waals surface area contributed by atoms with Gasteiger partial charge in [-0.15, -0.1) is 0 Å². The van der Waals surface area contributed by atoms with Crippen molar-refractivity contribution in [1.82, 2.24) is 10.3 Å². The topological polar surface area (TPSA) is 24.9 Å². The van der Waals surface area contributed by atoms with Crippen molar-refractivity contribution in [3.05, 3.63) is 63.9 Å². The molecule has 1 aromatic carbocycles. The van der Waals surface area contributed by atoms with E-state index >= 15 is 0 Å². The highest BCUT2D eigenvalue weighted by atomic mass is 79.9. The number of hydrogen-bond donors (Lipinski definition) is 1. The van der Waals surface area contributed by atoms with Crippen LogP contribution in [-0.2, 0) is 0 Å². The Morgan fingerprint density at radius 1 is 1.26 bits per heavy atom. The van der Waals surface area contributed by atoms with Gasteiger partial charge in [0.15, 0.2) is 0 Å². The highest BCUT2D eigenvalue weighted by Crippen LogP contribution is 2.22. The third kappa shape index (κ3) is 3.88. The van der Waals surface area contributed by atoms with Crippen LogP contribution < -0.4 is 5.32 Å². The van der Waals surface area contributed by atoms with Gasteiger partial charge < -0.3 is 5.32 Å². The van der Waals surface area contributed by atoms with Gasteiger partial charge in [-0.05, 0) is 53.5 Å². The maximum absolute atomic E-state index is 4.53. The molecule has 1 unspecified atom stereocenters. The lowest BCUT2D eigenvalue weighted by atomic mass is 10.0. The summed E-state index contributed by atoms with van der Waals surface area (Å²) < 4.78 is 1.01. The molecule has 0 bridgehead atoms. The minimum absolute atomic E-state index is 0.160. The molecule has 19 heavy (non-hydrogen) atoms. The monoisotopic (exact) mass is 318 g/mol. The summed E-state index contributed by atoms with van der Waals surface area (Å²) in [6, 6.07) is 12.9. The molecule has 0 amide bonds. The smallest absolute Gasteiger partial charge is 0.0751 e. The van der Waals surface area contributed by atoms with E-state index in [2.05, 4.69) is 70.4 Å². The summed E-state index contributed by atoms with van der Waals surface area (Å²) in [5.41, 5.74) is 3.60. The van der Waals surface area contributed by atoms with Gasteiger partial charge >= 0.3 is 0 Å². The molecule has 1 heterocycles. The van der Waals surface area contributed by atoms with E-state index in [9.17, 15) is 0 Å². The van der Waals surface area contributed by atoms with E-state index < -0.39 is 0 Å². The van der Waals surface area contributed by atoms with Crippen molar-refractivity contribution in [3.63, 3.8) is 0 Å². The summed E-state index contributed by atoms with van der Waals surface area (Å²) >= 11 is 3.43. The van der Waals surface area contributed by atoms with Crippen LogP contribution in [0.2, 0.25) is 0 Å². The first-order valence-electron chi connectivity index (χ1n) is 6.62. The zero-order valence-electron chi connectivity index (χ0n) is 11.4. The Morgan fingerprint density at radius 3 is 2.74 bits per heavy atom. The van der Waals surface area contributed by atoms with Gasteiger partial charge in [0.05, 0.1) is 11.7 Å². The summed E-state index contributed by atoms with van der Waals surface area (Å²) in [6.45, 7) is 5.28. The molecule has 1 N–H and O–H groups in total. The van der Waals surface area contributed by atoms with Gasteiger partial charge in [-0.2, -0.15) is 0 Å². The van der Waals surface area contributed by atoms with Crippen LogP contribution in [-0.4, -0.2) is 11.5 Å². The Hall–Kier alpha value is -1.19. The van der Waals surface area contributed by atoms with E-state index in [1.165, 1.54) is 11.1 Å². The Balaban J connectivity index is 2.32. The molecule has 2 aromatic rings. The normalized spacial score (nSPS) is 12.4. The molecule has 0 aliphatic carbocycles. The van der Waals surface area contributed by atoms with Crippen LogP contribution in [0.1, 0.15) is 36.2 Å². The van der Waals surface area contributed by atoms with Gasteiger partial charge in [-0.25, -0.2) is 0 Å². The van der Waals surface area contributed by atoms with Crippen LogP contribution in [0.25, 0.3) is 0 Å². The Kier molecular flexibility index (Phi) is 5.11. The second kappa shape index (κ2) is 6.83. The number of rotatable bonds is 5. The van der Waals surface area contributed by atoms with E-state index in [1.807, 2.05) is 12.3 Å². The number of nitrogens with one attached hydrogen (secondary N) is 1. The van der Waals surface area contributed by atoms with Crippen molar-refractivity contribution in [2.45, 2.75) is 26.3 Å². The van der Waals surface area contributed by atoms with Crippen molar-refractivity contribution in [2.24, 2.45) is 0 Å². The van der Waals surface area contributed by atoms with Crippen molar-refractivity contribution in [1.29, 1.82) is 0 Å². The zero-order valence-corrected chi connectivity index (χ0v) is 12.9. The van der Waals surface area contributed by atoms with Gasteiger partial charge in [-0.3, -0.25) is 4.98 Å². The van der Waals surface area contributed by atoms with Gasteiger partial charge in [0.1, 0.15) is 0 Å². The van der Waals surface area contributed by atoms with Gasteiger partial charge in [0.25, 0.3) is 0 Å². The number of benzene rings is 1. The molecular formula is C16H19BrN2. The predicted octanol–water partition coefficient (Wildman–Crippen LogP) is 4.24. The van der Waals surface area contributed by atoms with E-state index in [-0.39, 0.29) is 6.04 Å². The average Bonchev–Trinajstić information content (AvgIpc) is 2.41. The Labute approximate surface area is 123 Å². The van der Waals surface area contributed by atoms with Crippen molar-refractivity contribution in [3.8, 4) is 0 Å². The molecule has 2 nitrogen and oxygen atoms in total. The lowest BCUT2D eigenvalue weighted by molar-refractivity contribution is 0.586. The van der Waals surface area contributed by atoms with Gasteiger partial charge in [-0.1, -0.05) is 36.8 Å². The number of nitrogens with zero attached hydrogens (tertiary/aromatic N) is 1. The third-order valence-electron chi connectivity index (χ3n) is 3.02. The summed E-state index contributed by atoms with van der Waals surface area (Å²) in [5.74, 6) is 0. The second-order valence-corrected chi connectivity index (χ2v) is 5.62. The Bertz CT molecular complexity index is 523. The number of aromatic nitrogens is 1. The molecule has 0 radical (unpaired) electrons. The van der Waals surface area contributed by atoms with Crippen molar-refractivity contribution in [2.75, 3.05) is 6.54 Å². The fourth-order valence-electron chi connectivity index (χ4n) is 2.09. The SMILES string of the molecule is CCCNC(c1cccc(C)c1)c1ccc(Br)cn1. The second-order valence-electron chi connectivity index (χ2n) is 4.70. The summed E-state index contributed by atoms with van der Waals surface area (Å²) in [7, 11) is 0. The summed E-state index contributed by atoms with van der Waals surface area (Å²) in [4.78, 5) is 4.53. The van der Waals surface area contributed by atoms with Crippen LogP contribution in [0.3, 0.4) is 0 Å². The largest absolute Gasteiger partial charge is 0.305 e. The molecule has 0 aliphatic heterocycles. The van der Waals surface area contributed by atoms with Crippen LogP contribution in [0, 0.1) is 6.92 Å². The summed E-state index contributed by atoms with van der Waals surface area (Å²) in [6.07, 6.45) is 2.96. The molecule has 0 saturated heterocycles. The highest BCUT2D eigenvalue weighted by Gasteiger charge is 2.14. The highest BCUT2D eigenvalue weighted by molar-refractivity contribution is 9.10. The molecular weight excluding hydrogens is 300 g/mol. The lowest BCUT2D eigenvalue weighted by Crippen LogP contribution is -2.24.